The van der Waals surface area contributed by atoms with Gasteiger partial charge in [0.05, 0.1) is 6.21 Å². The molecule has 0 aromatic heterocycles. The number of nitrogens with zero attached hydrogens (tertiary/aromatic N) is 1. The maximum Gasteiger partial charge on any atom is 0.280 e. The van der Waals surface area contributed by atoms with Crippen LogP contribution in [0.15, 0.2) is 62.6 Å². The first kappa shape index (κ1) is 16.7. The Morgan fingerprint density at radius 2 is 1.91 bits per heavy atom. The molecule has 114 valence electrons. The summed E-state index contributed by atoms with van der Waals surface area (Å²) in [5, 5.41) is 3.92. The molecule has 0 saturated carbocycles. The molecule has 0 aliphatic rings. The standard InChI is InChI=1S/C16H14Br2N2O2/c1-11(22-15-4-2-3-14(18)9-15)16(21)20-19-10-12-5-7-13(17)8-6-12/h2-11H,1H3,(H,20,21)/b19-10-/t11-/m0/s1. The van der Waals surface area contributed by atoms with Crippen molar-refractivity contribution in [3.63, 3.8) is 0 Å². The van der Waals surface area contributed by atoms with Gasteiger partial charge in [0.2, 0.25) is 0 Å². The first-order chi connectivity index (χ1) is 10.5. The fourth-order valence-corrected chi connectivity index (χ4v) is 2.25. The van der Waals surface area contributed by atoms with Gasteiger partial charge in [-0.15, -0.1) is 0 Å². The van der Waals surface area contributed by atoms with Crippen LogP contribution in [0.25, 0.3) is 0 Å². The lowest BCUT2D eigenvalue weighted by Crippen LogP contribution is -2.33. The first-order valence-electron chi connectivity index (χ1n) is 6.55. The van der Waals surface area contributed by atoms with E-state index in [1.54, 1.807) is 25.3 Å². The molecular formula is C16H14Br2N2O2. The number of ether oxygens (including phenoxy) is 1. The summed E-state index contributed by atoms with van der Waals surface area (Å²) in [5.41, 5.74) is 3.36. The van der Waals surface area contributed by atoms with Crippen LogP contribution in [0.3, 0.4) is 0 Å². The minimum atomic E-state index is -0.642. The molecule has 0 unspecified atom stereocenters. The van der Waals surface area contributed by atoms with Crippen molar-refractivity contribution in [3.8, 4) is 5.75 Å². The summed E-state index contributed by atoms with van der Waals surface area (Å²) < 4.78 is 7.44. The van der Waals surface area contributed by atoms with Crippen LogP contribution in [0.5, 0.6) is 5.75 Å². The van der Waals surface area contributed by atoms with E-state index in [0.717, 1.165) is 14.5 Å². The first-order valence-corrected chi connectivity index (χ1v) is 8.14. The van der Waals surface area contributed by atoms with Gasteiger partial charge in [0.25, 0.3) is 5.91 Å². The van der Waals surface area contributed by atoms with Crippen LogP contribution in [-0.2, 0) is 4.79 Å². The van der Waals surface area contributed by atoms with Gasteiger partial charge in [-0.1, -0.05) is 50.1 Å². The Kier molecular flexibility index (Phi) is 6.15. The van der Waals surface area contributed by atoms with Crippen LogP contribution in [0.4, 0.5) is 0 Å². The van der Waals surface area contributed by atoms with Gasteiger partial charge >= 0.3 is 0 Å². The minimum absolute atomic E-state index is 0.312. The van der Waals surface area contributed by atoms with E-state index in [-0.39, 0.29) is 5.91 Å². The van der Waals surface area contributed by atoms with E-state index < -0.39 is 6.10 Å². The summed E-state index contributed by atoms with van der Waals surface area (Å²) in [6.07, 6.45) is 0.937. The molecule has 2 aromatic rings. The van der Waals surface area contributed by atoms with Gasteiger partial charge in [-0.25, -0.2) is 5.43 Å². The Morgan fingerprint density at radius 3 is 2.59 bits per heavy atom. The van der Waals surface area contributed by atoms with Crippen LogP contribution < -0.4 is 10.2 Å². The number of carbonyl (C=O) groups is 1. The summed E-state index contributed by atoms with van der Waals surface area (Å²) in [6.45, 7) is 1.67. The highest BCUT2D eigenvalue weighted by Gasteiger charge is 2.13. The maximum atomic E-state index is 11.9. The van der Waals surface area contributed by atoms with Gasteiger partial charge in [-0.3, -0.25) is 4.79 Å². The zero-order valence-corrected chi connectivity index (χ0v) is 15.0. The van der Waals surface area contributed by atoms with Crippen LogP contribution in [0, 0.1) is 0 Å². The molecule has 0 bridgehead atoms. The molecule has 2 rings (SSSR count). The fourth-order valence-electron chi connectivity index (χ4n) is 1.61. The third kappa shape index (κ3) is 5.27. The number of amides is 1. The topological polar surface area (TPSA) is 50.7 Å². The highest BCUT2D eigenvalue weighted by Crippen LogP contribution is 2.18. The average Bonchev–Trinajstić information content (AvgIpc) is 2.49. The molecule has 22 heavy (non-hydrogen) atoms. The second kappa shape index (κ2) is 8.10. The van der Waals surface area contributed by atoms with E-state index in [0.29, 0.717) is 5.75 Å². The van der Waals surface area contributed by atoms with E-state index >= 15 is 0 Å². The minimum Gasteiger partial charge on any atom is -0.481 e. The Balaban J connectivity index is 1.87. The molecular weight excluding hydrogens is 412 g/mol. The second-order valence-electron chi connectivity index (χ2n) is 4.50. The zero-order valence-electron chi connectivity index (χ0n) is 11.8. The predicted molar refractivity (Wildman–Crippen MR) is 94.1 cm³/mol. The molecule has 0 saturated heterocycles. The molecule has 0 radical (unpaired) electrons. The molecule has 4 nitrogen and oxygen atoms in total. The molecule has 6 heteroatoms. The number of hydrogen-bond donors (Lipinski definition) is 1. The average molecular weight is 426 g/mol. The molecule has 2 aromatic carbocycles. The normalized spacial score (nSPS) is 12.1. The Bertz CT molecular complexity index is 672. The van der Waals surface area contributed by atoms with E-state index in [4.69, 9.17) is 4.74 Å². The number of carbonyl (C=O) groups excluding carboxylic acids is 1. The molecule has 0 aliphatic heterocycles. The van der Waals surface area contributed by atoms with Crippen LogP contribution in [-0.4, -0.2) is 18.2 Å². The van der Waals surface area contributed by atoms with Crippen molar-refractivity contribution in [2.45, 2.75) is 13.0 Å². The predicted octanol–water partition coefficient (Wildman–Crippen LogP) is 4.13. The van der Waals surface area contributed by atoms with Crippen molar-refractivity contribution < 1.29 is 9.53 Å². The number of benzene rings is 2. The molecule has 1 N–H and O–H groups in total. The van der Waals surface area contributed by atoms with E-state index in [2.05, 4.69) is 42.4 Å². The monoisotopic (exact) mass is 424 g/mol. The Labute approximate surface area is 145 Å². The molecule has 0 heterocycles. The lowest BCUT2D eigenvalue weighted by Gasteiger charge is -2.12. The molecule has 0 aliphatic carbocycles. The van der Waals surface area contributed by atoms with Crippen molar-refractivity contribution in [1.82, 2.24) is 5.43 Å². The maximum absolute atomic E-state index is 11.9. The molecule has 0 fully saturated rings. The van der Waals surface area contributed by atoms with Crippen LogP contribution in [0.1, 0.15) is 12.5 Å². The Morgan fingerprint density at radius 1 is 1.18 bits per heavy atom. The van der Waals surface area contributed by atoms with E-state index in [1.807, 2.05) is 36.4 Å². The molecule has 1 atom stereocenters. The summed E-state index contributed by atoms with van der Waals surface area (Å²) in [5.74, 6) is 0.308. The number of hydrogen-bond acceptors (Lipinski definition) is 3. The van der Waals surface area contributed by atoms with Crippen molar-refractivity contribution in [2.24, 2.45) is 5.10 Å². The third-order valence-corrected chi connectivity index (χ3v) is 3.76. The highest BCUT2D eigenvalue weighted by molar-refractivity contribution is 9.10. The summed E-state index contributed by atoms with van der Waals surface area (Å²) in [6, 6.07) is 14.9. The summed E-state index contributed by atoms with van der Waals surface area (Å²) >= 11 is 6.71. The number of halogens is 2. The number of hydrazone groups is 1. The van der Waals surface area contributed by atoms with Gasteiger partial charge in [0.15, 0.2) is 6.10 Å². The van der Waals surface area contributed by atoms with E-state index in [1.165, 1.54) is 0 Å². The van der Waals surface area contributed by atoms with Gasteiger partial charge < -0.3 is 4.74 Å². The summed E-state index contributed by atoms with van der Waals surface area (Å²) in [4.78, 5) is 11.9. The van der Waals surface area contributed by atoms with Gasteiger partial charge in [-0.05, 0) is 42.8 Å². The quantitative estimate of drug-likeness (QED) is 0.578. The van der Waals surface area contributed by atoms with Crippen LogP contribution in [0.2, 0.25) is 0 Å². The van der Waals surface area contributed by atoms with Gasteiger partial charge in [0.1, 0.15) is 5.75 Å². The largest absolute Gasteiger partial charge is 0.481 e. The fraction of sp³-hybridized carbons (Fsp3) is 0.125. The SMILES string of the molecule is C[C@H](Oc1cccc(Br)c1)C(=O)N/N=C\c1ccc(Br)cc1. The van der Waals surface area contributed by atoms with Crippen LogP contribution >= 0.6 is 31.9 Å². The number of nitrogens with one attached hydrogen (secondary N) is 1. The molecule has 1 amide bonds. The van der Waals surface area contributed by atoms with Crippen molar-refractivity contribution in [2.75, 3.05) is 0 Å². The smallest absolute Gasteiger partial charge is 0.280 e. The lowest BCUT2D eigenvalue weighted by atomic mass is 10.2. The van der Waals surface area contributed by atoms with Crippen molar-refractivity contribution in [3.05, 3.63) is 63.0 Å². The number of rotatable bonds is 5. The third-order valence-electron chi connectivity index (χ3n) is 2.74. The van der Waals surface area contributed by atoms with Gasteiger partial charge in [0, 0.05) is 8.95 Å². The van der Waals surface area contributed by atoms with Crippen molar-refractivity contribution in [1.29, 1.82) is 0 Å². The van der Waals surface area contributed by atoms with E-state index in [9.17, 15) is 4.79 Å². The summed E-state index contributed by atoms with van der Waals surface area (Å²) in [7, 11) is 0. The second-order valence-corrected chi connectivity index (χ2v) is 6.33. The Hall–Kier alpha value is -1.66. The zero-order chi connectivity index (χ0) is 15.9. The lowest BCUT2D eigenvalue weighted by molar-refractivity contribution is -0.127. The highest BCUT2D eigenvalue weighted by atomic mass is 79.9. The molecule has 0 spiro atoms. The van der Waals surface area contributed by atoms with Crippen molar-refractivity contribution >= 4 is 44.0 Å². The van der Waals surface area contributed by atoms with Gasteiger partial charge in [-0.2, -0.15) is 5.10 Å².